The molecule has 0 aliphatic heterocycles. The molecule has 0 radical (unpaired) electrons. The molecule has 1 aromatic rings. The molecule has 0 spiro atoms. The maximum absolute atomic E-state index is 11.0. The van der Waals surface area contributed by atoms with Crippen molar-refractivity contribution in [2.24, 2.45) is 0 Å². The number of aliphatic carboxylic acids is 1. The number of nitrogens with one attached hydrogen (secondary N) is 1. The average Bonchev–Trinajstić information content (AvgIpc) is 2.38. The highest BCUT2D eigenvalue weighted by molar-refractivity contribution is 5.77. The summed E-state index contributed by atoms with van der Waals surface area (Å²) in [5, 5.41) is 12.1. The fourth-order valence-corrected chi connectivity index (χ4v) is 1.84. The van der Waals surface area contributed by atoms with Crippen LogP contribution in [0, 0.1) is 0 Å². The van der Waals surface area contributed by atoms with Crippen molar-refractivity contribution in [2.75, 3.05) is 6.54 Å². The molecule has 3 nitrogen and oxygen atoms in total. The van der Waals surface area contributed by atoms with Gasteiger partial charge in [0.15, 0.2) is 0 Å². The van der Waals surface area contributed by atoms with Crippen molar-refractivity contribution in [3.63, 3.8) is 0 Å². The first-order valence-corrected chi connectivity index (χ1v) is 6.94. The molecule has 0 bridgehead atoms. The molecule has 1 aromatic carbocycles. The smallest absolute Gasteiger partial charge is 0.323 e. The summed E-state index contributed by atoms with van der Waals surface area (Å²) in [6.45, 7) is 8.45. The van der Waals surface area contributed by atoms with Gasteiger partial charge in [0.1, 0.15) is 5.54 Å². The molecule has 1 rings (SSSR count). The van der Waals surface area contributed by atoms with Crippen LogP contribution in [0.15, 0.2) is 24.3 Å². The molecular formula is C16H25NO2. The van der Waals surface area contributed by atoms with E-state index in [-0.39, 0.29) is 0 Å². The normalized spacial score (nSPS) is 13.3. The highest BCUT2D eigenvalue weighted by Crippen LogP contribution is 2.18. The lowest BCUT2D eigenvalue weighted by Crippen LogP contribution is -2.47. The van der Waals surface area contributed by atoms with Crippen molar-refractivity contribution in [1.82, 2.24) is 5.32 Å². The molecule has 0 aliphatic carbocycles. The minimum Gasteiger partial charge on any atom is -0.480 e. The van der Waals surface area contributed by atoms with E-state index in [2.05, 4.69) is 43.4 Å². The molecule has 3 heteroatoms. The van der Waals surface area contributed by atoms with Crippen LogP contribution >= 0.6 is 0 Å². The van der Waals surface area contributed by atoms with Gasteiger partial charge >= 0.3 is 5.97 Å². The summed E-state index contributed by atoms with van der Waals surface area (Å²) in [6, 6.07) is 8.62. The molecule has 106 valence electrons. The quantitative estimate of drug-likeness (QED) is 0.794. The highest BCUT2D eigenvalue weighted by Gasteiger charge is 2.25. The number of carboxylic acids is 1. The van der Waals surface area contributed by atoms with Gasteiger partial charge in [-0.3, -0.25) is 4.79 Å². The largest absolute Gasteiger partial charge is 0.480 e. The van der Waals surface area contributed by atoms with Crippen LogP contribution in [0.1, 0.15) is 51.2 Å². The van der Waals surface area contributed by atoms with Crippen LogP contribution in [0.25, 0.3) is 0 Å². The third kappa shape index (κ3) is 4.67. The Morgan fingerprint density at radius 2 is 1.89 bits per heavy atom. The van der Waals surface area contributed by atoms with E-state index in [0.29, 0.717) is 12.5 Å². The van der Waals surface area contributed by atoms with E-state index in [1.165, 1.54) is 11.1 Å². The lowest BCUT2D eigenvalue weighted by Gasteiger charge is -2.21. The molecule has 2 N–H and O–H groups in total. The molecule has 0 saturated carbocycles. The molecule has 0 aliphatic rings. The van der Waals surface area contributed by atoms with Crippen LogP contribution in [-0.2, 0) is 11.2 Å². The third-order valence-electron chi connectivity index (χ3n) is 3.68. The first kappa shape index (κ1) is 15.7. The van der Waals surface area contributed by atoms with Crippen LogP contribution in [0.5, 0.6) is 0 Å². The number of hydrogen-bond acceptors (Lipinski definition) is 2. The highest BCUT2D eigenvalue weighted by atomic mass is 16.4. The van der Waals surface area contributed by atoms with Gasteiger partial charge in [0.25, 0.3) is 0 Å². The summed E-state index contributed by atoms with van der Waals surface area (Å²) in [5.41, 5.74) is 1.74. The molecule has 1 unspecified atom stereocenters. The summed E-state index contributed by atoms with van der Waals surface area (Å²) in [4.78, 5) is 11.0. The van der Waals surface area contributed by atoms with Gasteiger partial charge in [-0.25, -0.2) is 0 Å². The van der Waals surface area contributed by atoms with Gasteiger partial charge in [-0.05, 0) is 43.7 Å². The van der Waals surface area contributed by atoms with Crippen molar-refractivity contribution < 1.29 is 9.90 Å². The fourth-order valence-electron chi connectivity index (χ4n) is 1.84. The molecule has 1 atom stereocenters. The van der Waals surface area contributed by atoms with Crippen molar-refractivity contribution in [3.05, 3.63) is 35.4 Å². The molecule has 0 amide bonds. The summed E-state index contributed by atoms with van der Waals surface area (Å²) in [5.74, 6) is -0.224. The molecule has 0 heterocycles. The molecular weight excluding hydrogens is 238 g/mol. The van der Waals surface area contributed by atoms with Gasteiger partial charge in [-0.1, -0.05) is 38.1 Å². The first-order chi connectivity index (χ1) is 8.86. The van der Waals surface area contributed by atoms with Crippen LogP contribution in [0.4, 0.5) is 0 Å². The summed E-state index contributed by atoms with van der Waals surface area (Å²) in [6.07, 6.45) is 1.99. The van der Waals surface area contributed by atoms with Gasteiger partial charge in [0.2, 0.25) is 0 Å². The molecule has 0 fully saturated rings. The number of hydrogen-bond donors (Lipinski definition) is 2. The zero-order chi connectivity index (χ0) is 14.5. The third-order valence-corrected chi connectivity index (χ3v) is 3.68. The Morgan fingerprint density at radius 3 is 2.37 bits per heavy atom. The fraction of sp³-hybridized carbons (Fsp3) is 0.562. The Morgan fingerprint density at radius 1 is 1.32 bits per heavy atom. The van der Waals surface area contributed by atoms with E-state index in [9.17, 15) is 4.79 Å². The monoisotopic (exact) mass is 263 g/mol. The second kappa shape index (κ2) is 6.71. The van der Waals surface area contributed by atoms with Crippen LogP contribution < -0.4 is 5.32 Å². The van der Waals surface area contributed by atoms with E-state index in [1.54, 1.807) is 13.8 Å². The topological polar surface area (TPSA) is 49.3 Å². The van der Waals surface area contributed by atoms with E-state index >= 15 is 0 Å². The SMILES string of the molecule is CCC(C)c1ccc(CCNC(C)(C)C(=O)O)cc1. The number of benzene rings is 1. The lowest BCUT2D eigenvalue weighted by atomic mass is 9.97. The van der Waals surface area contributed by atoms with Crippen LogP contribution in [0.3, 0.4) is 0 Å². The van der Waals surface area contributed by atoms with Crippen molar-refractivity contribution in [1.29, 1.82) is 0 Å². The number of carbonyl (C=O) groups is 1. The summed E-state index contributed by atoms with van der Waals surface area (Å²) < 4.78 is 0. The van der Waals surface area contributed by atoms with Gasteiger partial charge in [0.05, 0.1) is 0 Å². The zero-order valence-corrected chi connectivity index (χ0v) is 12.4. The Hall–Kier alpha value is -1.35. The Bertz CT molecular complexity index is 409. The summed E-state index contributed by atoms with van der Waals surface area (Å²) >= 11 is 0. The van der Waals surface area contributed by atoms with Crippen molar-refractivity contribution >= 4 is 5.97 Å². The Balaban J connectivity index is 2.49. The molecule has 0 saturated heterocycles. The van der Waals surface area contributed by atoms with Crippen LogP contribution in [0.2, 0.25) is 0 Å². The van der Waals surface area contributed by atoms with E-state index in [4.69, 9.17) is 5.11 Å². The maximum atomic E-state index is 11.0. The van der Waals surface area contributed by atoms with Gasteiger partial charge in [0, 0.05) is 6.54 Å². The van der Waals surface area contributed by atoms with Gasteiger partial charge < -0.3 is 10.4 Å². The standard InChI is InChI=1S/C16H25NO2/c1-5-12(2)14-8-6-13(7-9-14)10-11-17-16(3,4)15(18)19/h6-9,12,17H,5,10-11H2,1-4H3,(H,18,19). The minimum atomic E-state index is -0.864. The second-order valence-corrected chi connectivity index (χ2v) is 5.66. The predicted molar refractivity (Wildman–Crippen MR) is 78.6 cm³/mol. The van der Waals surface area contributed by atoms with E-state index in [1.807, 2.05) is 0 Å². The van der Waals surface area contributed by atoms with Gasteiger partial charge in [-0.2, -0.15) is 0 Å². The predicted octanol–water partition coefficient (Wildman–Crippen LogP) is 3.20. The molecule has 19 heavy (non-hydrogen) atoms. The zero-order valence-electron chi connectivity index (χ0n) is 12.4. The van der Waals surface area contributed by atoms with Crippen molar-refractivity contribution in [2.45, 2.75) is 52.0 Å². The Kier molecular flexibility index (Phi) is 5.55. The Labute approximate surface area is 116 Å². The molecule has 0 aromatic heterocycles. The minimum absolute atomic E-state index is 0.595. The van der Waals surface area contributed by atoms with Gasteiger partial charge in [-0.15, -0.1) is 0 Å². The number of rotatable bonds is 7. The van der Waals surface area contributed by atoms with E-state index < -0.39 is 11.5 Å². The lowest BCUT2D eigenvalue weighted by molar-refractivity contribution is -0.143. The number of carboxylic acid groups (broad SMARTS) is 1. The van der Waals surface area contributed by atoms with Crippen LogP contribution in [-0.4, -0.2) is 23.2 Å². The average molecular weight is 263 g/mol. The van der Waals surface area contributed by atoms with E-state index in [0.717, 1.165) is 12.8 Å². The first-order valence-electron chi connectivity index (χ1n) is 6.94. The van der Waals surface area contributed by atoms with Crippen molar-refractivity contribution in [3.8, 4) is 0 Å². The maximum Gasteiger partial charge on any atom is 0.323 e. The second-order valence-electron chi connectivity index (χ2n) is 5.66. The summed E-state index contributed by atoms with van der Waals surface area (Å²) in [7, 11) is 0.